The highest BCUT2D eigenvalue weighted by molar-refractivity contribution is 7.00. The van der Waals surface area contributed by atoms with Gasteiger partial charge in [0, 0.05) is 61.6 Å². The van der Waals surface area contributed by atoms with Gasteiger partial charge < -0.3 is 14.7 Å². The van der Waals surface area contributed by atoms with Crippen molar-refractivity contribution in [3.63, 3.8) is 0 Å². The highest BCUT2D eigenvalue weighted by atomic mass is 15.3. The third-order valence-electron chi connectivity index (χ3n) is 20.1. The van der Waals surface area contributed by atoms with Crippen molar-refractivity contribution >= 4 is 68.6 Å². The number of benzene rings is 8. The maximum absolute atomic E-state index is 2.82. The lowest BCUT2D eigenvalue weighted by atomic mass is 9.33. The number of hydrogen-bond acceptors (Lipinski definition) is 3. The minimum atomic E-state index is -0.257. The summed E-state index contributed by atoms with van der Waals surface area (Å²) in [6, 6.07) is 65.0. The van der Waals surface area contributed by atoms with Crippen molar-refractivity contribution in [3.8, 4) is 11.1 Å². The molecule has 1 saturated carbocycles. The fourth-order valence-corrected chi connectivity index (χ4v) is 15.3. The van der Waals surface area contributed by atoms with E-state index in [0.717, 1.165) is 6.42 Å². The molecule has 2 aliphatic carbocycles. The molecule has 0 spiro atoms. The van der Waals surface area contributed by atoms with Gasteiger partial charge in [-0.3, -0.25) is 0 Å². The zero-order valence-electron chi connectivity index (χ0n) is 49.3. The SMILES string of the molecule is CC(C)(C)c1ccc(N2c3ccc(C(C)(C)C)cc3B3c4cc5c(cc4N(c4ccc(C(C)(C)C)cc4-c4ccccc4)c4cc(N6c7ccccc7C7(C)CCCCC67C)cc2c43)C(C)(C)c2ccccc2C5(C)C)cc1. The Balaban J connectivity index is 1.21. The van der Waals surface area contributed by atoms with Gasteiger partial charge >= 0.3 is 0 Å². The van der Waals surface area contributed by atoms with Crippen molar-refractivity contribution in [2.45, 2.75) is 168 Å². The Morgan fingerprint density at radius 3 is 1.53 bits per heavy atom. The largest absolute Gasteiger partial charge is 0.334 e. The van der Waals surface area contributed by atoms with Crippen LogP contribution in [0.15, 0.2) is 164 Å². The number of anilines is 8. The average Bonchev–Trinajstić information content (AvgIpc) is 2.93. The molecule has 3 heterocycles. The van der Waals surface area contributed by atoms with Crippen LogP contribution in [0, 0.1) is 0 Å². The summed E-state index contributed by atoms with van der Waals surface area (Å²) in [5.74, 6) is 0. The quantitative estimate of drug-likeness (QED) is 0.163. The van der Waals surface area contributed by atoms with E-state index < -0.39 is 0 Å². The summed E-state index contributed by atoms with van der Waals surface area (Å²) in [7, 11) is 0. The molecule has 78 heavy (non-hydrogen) atoms. The first-order chi connectivity index (χ1) is 36.8. The van der Waals surface area contributed by atoms with Gasteiger partial charge in [-0.05, 0) is 157 Å². The van der Waals surface area contributed by atoms with E-state index in [0.29, 0.717) is 0 Å². The van der Waals surface area contributed by atoms with Gasteiger partial charge in [0.25, 0.3) is 6.71 Å². The van der Waals surface area contributed by atoms with E-state index in [2.05, 4.69) is 282 Å². The molecule has 0 saturated heterocycles. The highest BCUT2D eigenvalue weighted by Gasteiger charge is 2.58. The minimum absolute atomic E-state index is 0.0144. The molecule has 394 valence electrons. The first-order valence-corrected chi connectivity index (χ1v) is 29.3. The van der Waals surface area contributed by atoms with Gasteiger partial charge in [-0.25, -0.2) is 0 Å². The Labute approximate surface area is 467 Å². The molecule has 1 fully saturated rings. The molecule has 3 nitrogen and oxygen atoms in total. The summed E-state index contributed by atoms with van der Waals surface area (Å²) in [6.45, 7) is 36.2. The molecule has 0 amide bonds. The van der Waals surface area contributed by atoms with Crippen molar-refractivity contribution in [1.82, 2.24) is 0 Å². The zero-order valence-corrected chi connectivity index (χ0v) is 49.3. The molecular weight excluding hydrogens is 942 g/mol. The van der Waals surface area contributed by atoms with E-state index in [-0.39, 0.29) is 44.7 Å². The van der Waals surface area contributed by atoms with Gasteiger partial charge in [-0.2, -0.15) is 0 Å². The van der Waals surface area contributed by atoms with Gasteiger partial charge in [-0.1, -0.05) is 219 Å². The topological polar surface area (TPSA) is 9.72 Å². The van der Waals surface area contributed by atoms with Crippen molar-refractivity contribution in [2.24, 2.45) is 0 Å². The Kier molecular flexibility index (Phi) is 11.0. The third-order valence-corrected chi connectivity index (χ3v) is 20.1. The van der Waals surface area contributed by atoms with Crippen LogP contribution in [0.1, 0.15) is 174 Å². The van der Waals surface area contributed by atoms with Crippen molar-refractivity contribution in [1.29, 1.82) is 0 Å². The normalized spacial score (nSPS) is 20.5. The molecule has 4 heteroatoms. The Morgan fingerprint density at radius 1 is 0.385 bits per heavy atom. The van der Waals surface area contributed by atoms with Crippen LogP contribution in [-0.4, -0.2) is 12.3 Å². The highest BCUT2D eigenvalue weighted by Crippen LogP contribution is 2.62. The van der Waals surface area contributed by atoms with Crippen LogP contribution in [-0.2, 0) is 32.5 Å². The number of fused-ring (bicyclic) bond motifs is 9. The van der Waals surface area contributed by atoms with Crippen LogP contribution >= 0.6 is 0 Å². The molecular formula is C74H80BN3. The minimum Gasteiger partial charge on any atom is -0.334 e. The number of para-hydroxylation sites is 1. The molecule has 8 aromatic carbocycles. The first-order valence-electron chi connectivity index (χ1n) is 29.3. The fraction of sp³-hybridized carbons (Fsp3) is 0.351. The van der Waals surface area contributed by atoms with Gasteiger partial charge in [0.05, 0.1) is 11.2 Å². The Bertz CT molecular complexity index is 3750. The molecule has 2 atom stereocenters. The standard InChI is InChI=1S/C74H80BN3/c1-68(2,3)48-31-35-51(36-32-48)76-63-38-34-50(70(7,8)9)42-59(63)75-60-45-57-58(72(12,13)55-28-20-19-27-54(55)71(57,10)11)46-64(60)77(61-37-33-49(69(4,5)6)41-53(61)47-25-17-16-18-26-47)66-44-52(43-65(76)67(66)75)78-62-30-22-21-29-56(62)73(14)39-23-24-40-74(73,78)15/h16-22,25-38,41-46H,23-24,39-40H2,1-15H3. The van der Waals surface area contributed by atoms with Crippen LogP contribution in [0.25, 0.3) is 11.1 Å². The van der Waals surface area contributed by atoms with Gasteiger partial charge in [0.2, 0.25) is 0 Å². The molecule has 0 radical (unpaired) electrons. The molecule has 0 N–H and O–H groups in total. The molecule has 13 rings (SSSR count). The zero-order chi connectivity index (χ0) is 54.9. The van der Waals surface area contributed by atoms with E-state index >= 15 is 0 Å². The summed E-state index contributed by atoms with van der Waals surface area (Å²) in [4.78, 5) is 8.22. The lowest BCUT2D eigenvalue weighted by molar-refractivity contribution is 0.195. The van der Waals surface area contributed by atoms with Crippen molar-refractivity contribution < 1.29 is 0 Å². The summed E-state index contributed by atoms with van der Waals surface area (Å²) in [5, 5.41) is 0. The van der Waals surface area contributed by atoms with Crippen molar-refractivity contribution in [3.05, 3.63) is 208 Å². The molecule has 2 unspecified atom stereocenters. The van der Waals surface area contributed by atoms with E-state index in [1.54, 1.807) is 0 Å². The van der Waals surface area contributed by atoms with E-state index in [1.807, 2.05) is 0 Å². The molecule has 3 aliphatic heterocycles. The lowest BCUT2D eigenvalue weighted by Crippen LogP contribution is -2.62. The van der Waals surface area contributed by atoms with Crippen LogP contribution in [0.4, 0.5) is 45.5 Å². The van der Waals surface area contributed by atoms with Gasteiger partial charge in [0.15, 0.2) is 0 Å². The third kappa shape index (κ3) is 7.22. The van der Waals surface area contributed by atoms with Crippen LogP contribution in [0.5, 0.6) is 0 Å². The van der Waals surface area contributed by atoms with E-state index in [1.165, 1.54) is 137 Å². The van der Waals surface area contributed by atoms with E-state index in [9.17, 15) is 0 Å². The summed E-state index contributed by atoms with van der Waals surface area (Å²) < 4.78 is 0. The van der Waals surface area contributed by atoms with E-state index in [4.69, 9.17) is 0 Å². The Morgan fingerprint density at radius 2 is 0.897 bits per heavy atom. The van der Waals surface area contributed by atoms with Crippen LogP contribution in [0.3, 0.4) is 0 Å². The maximum atomic E-state index is 2.82. The van der Waals surface area contributed by atoms with Crippen LogP contribution in [0.2, 0.25) is 0 Å². The summed E-state index contributed by atoms with van der Waals surface area (Å²) in [6.07, 6.45) is 4.76. The number of hydrogen-bond donors (Lipinski definition) is 0. The summed E-state index contributed by atoms with van der Waals surface area (Å²) >= 11 is 0. The van der Waals surface area contributed by atoms with Crippen molar-refractivity contribution in [2.75, 3.05) is 14.7 Å². The second kappa shape index (κ2) is 16.9. The lowest BCUT2D eigenvalue weighted by Gasteiger charge is -2.51. The fourth-order valence-electron chi connectivity index (χ4n) is 15.3. The second-order valence-corrected chi connectivity index (χ2v) is 28.6. The predicted octanol–water partition coefficient (Wildman–Crippen LogP) is 18.0. The monoisotopic (exact) mass is 1020 g/mol. The predicted molar refractivity (Wildman–Crippen MR) is 336 cm³/mol. The molecule has 8 aromatic rings. The van der Waals surface area contributed by atoms with Gasteiger partial charge in [0.1, 0.15) is 0 Å². The van der Waals surface area contributed by atoms with Crippen LogP contribution < -0.4 is 31.1 Å². The number of nitrogens with zero attached hydrogens (tertiary/aromatic N) is 3. The first kappa shape index (κ1) is 50.7. The average molecular weight is 1020 g/mol. The molecule has 5 aliphatic rings. The second-order valence-electron chi connectivity index (χ2n) is 28.6. The summed E-state index contributed by atoms with van der Waals surface area (Å²) in [5.41, 5.74) is 27.0. The van der Waals surface area contributed by atoms with Gasteiger partial charge in [-0.15, -0.1) is 0 Å². The Hall–Kier alpha value is -6.78. The maximum Gasteiger partial charge on any atom is 0.252 e. The number of rotatable bonds is 4. The molecule has 0 aromatic heterocycles. The molecule has 0 bridgehead atoms. The smallest absolute Gasteiger partial charge is 0.252 e.